The minimum atomic E-state index is -0.351. The van der Waals surface area contributed by atoms with Crippen LogP contribution >= 0.6 is 34.7 Å². The minimum Gasteiger partial charge on any atom is -0.451 e. The third kappa shape index (κ3) is 4.06. The number of halogens is 1. The number of aromatic nitrogens is 2. The van der Waals surface area contributed by atoms with Crippen molar-refractivity contribution in [3.63, 3.8) is 0 Å². The lowest BCUT2D eigenvalue weighted by atomic mass is 10.1. The molecule has 0 aliphatic rings. The smallest absolute Gasteiger partial charge is 0.293 e. The number of hydrogen-bond acceptors (Lipinski definition) is 6. The van der Waals surface area contributed by atoms with Gasteiger partial charge in [0.25, 0.3) is 5.91 Å². The summed E-state index contributed by atoms with van der Waals surface area (Å²) in [7, 11) is 0. The Morgan fingerprint density at radius 2 is 2.07 bits per heavy atom. The van der Waals surface area contributed by atoms with Gasteiger partial charge in [0, 0.05) is 21.7 Å². The van der Waals surface area contributed by atoms with Crippen molar-refractivity contribution < 1.29 is 9.21 Å². The Hall–Kier alpha value is -2.35. The highest BCUT2D eigenvalue weighted by Crippen LogP contribution is 2.31. The van der Waals surface area contributed by atoms with Gasteiger partial charge in [-0.25, -0.2) is 0 Å². The van der Waals surface area contributed by atoms with E-state index in [1.54, 1.807) is 30.0 Å². The van der Waals surface area contributed by atoms with Crippen LogP contribution in [0.2, 0.25) is 5.02 Å². The lowest BCUT2D eigenvalue weighted by Gasteiger charge is -2.00. The number of benzene rings is 2. The fraction of sp³-hybridized carbons (Fsp3) is 0.150. The van der Waals surface area contributed by atoms with E-state index in [-0.39, 0.29) is 11.7 Å². The number of aryl methyl sites for hydroxylation is 2. The molecular weight excluding hydrogens is 414 g/mol. The van der Waals surface area contributed by atoms with Crippen molar-refractivity contribution in [2.75, 3.05) is 5.32 Å². The summed E-state index contributed by atoms with van der Waals surface area (Å²) in [5, 5.41) is 12.8. The van der Waals surface area contributed by atoms with Crippen LogP contribution < -0.4 is 5.32 Å². The highest BCUT2D eigenvalue weighted by molar-refractivity contribution is 8.00. The number of fused-ring (bicyclic) bond motifs is 1. The van der Waals surface area contributed by atoms with Gasteiger partial charge in [0.2, 0.25) is 5.13 Å². The topological polar surface area (TPSA) is 68.0 Å². The summed E-state index contributed by atoms with van der Waals surface area (Å²) in [5.41, 5.74) is 3.82. The van der Waals surface area contributed by atoms with Gasteiger partial charge in [0.1, 0.15) is 5.58 Å². The first-order valence-electron chi connectivity index (χ1n) is 8.51. The Labute approximate surface area is 175 Å². The number of anilines is 1. The number of thioether (sulfide) groups is 1. The molecule has 1 N–H and O–H groups in total. The van der Waals surface area contributed by atoms with Crippen molar-refractivity contribution in [1.29, 1.82) is 0 Å². The molecule has 2 heterocycles. The maximum Gasteiger partial charge on any atom is 0.293 e. The molecular formula is C20H16ClN3O2S2. The van der Waals surface area contributed by atoms with Gasteiger partial charge in [-0.05, 0) is 37.6 Å². The lowest BCUT2D eigenvalue weighted by molar-refractivity contribution is 0.0998. The molecule has 2 aromatic heterocycles. The molecule has 8 heteroatoms. The van der Waals surface area contributed by atoms with Crippen LogP contribution in [0.1, 0.15) is 27.2 Å². The summed E-state index contributed by atoms with van der Waals surface area (Å²) in [6.45, 7) is 3.90. The summed E-state index contributed by atoms with van der Waals surface area (Å²) >= 11 is 8.96. The Kier molecular flexibility index (Phi) is 5.39. The van der Waals surface area contributed by atoms with Crippen LogP contribution in [0.15, 0.2) is 51.2 Å². The van der Waals surface area contributed by atoms with E-state index < -0.39 is 0 Å². The molecule has 0 spiro atoms. The van der Waals surface area contributed by atoms with Crippen molar-refractivity contribution in [1.82, 2.24) is 10.2 Å². The molecule has 0 unspecified atom stereocenters. The number of rotatable bonds is 5. The van der Waals surface area contributed by atoms with Gasteiger partial charge < -0.3 is 4.42 Å². The third-order valence-electron chi connectivity index (χ3n) is 4.18. The number of nitrogens with one attached hydrogen (secondary N) is 1. The maximum absolute atomic E-state index is 12.6. The van der Waals surface area contributed by atoms with Crippen LogP contribution in [0.25, 0.3) is 11.0 Å². The summed E-state index contributed by atoms with van der Waals surface area (Å²) in [5.74, 6) is 0.700. The van der Waals surface area contributed by atoms with E-state index in [9.17, 15) is 4.79 Å². The van der Waals surface area contributed by atoms with Crippen molar-refractivity contribution in [3.05, 3.63) is 69.9 Å². The van der Waals surface area contributed by atoms with Gasteiger partial charge in [0.05, 0.1) is 0 Å². The maximum atomic E-state index is 12.6. The second-order valence-corrected chi connectivity index (χ2v) is 8.94. The fourth-order valence-corrected chi connectivity index (χ4v) is 4.69. The molecule has 0 atom stereocenters. The SMILES string of the molecule is Cc1cccc(CSc2nnc(NC(=O)c3oc4ccc(Cl)cc4c3C)s2)c1. The molecule has 0 aliphatic heterocycles. The predicted octanol–water partition coefficient (Wildman–Crippen LogP) is 6.10. The number of hydrogen-bond donors (Lipinski definition) is 1. The summed E-state index contributed by atoms with van der Waals surface area (Å²) < 4.78 is 6.49. The molecule has 4 rings (SSSR count). The molecule has 28 heavy (non-hydrogen) atoms. The van der Waals surface area contributed by atoms with E-state index in [1.165, 1.54) is 22.5 Å². The molecule has 2 aromatic carbocycles. The average Bonchev–Trinajstić information content (AvgIpc) is 3.25. The first-order chi connectivity index (χ1) is 13.5. The Balaban J connectivity index is 1.45. The van der Waals surface area contributed by atoms with Crippen LogP contribution in [-0.4, -0.2) is 16.1 Å². The second-order valence-electron chi connectivity index (χ2n) is 6.30. The van der Waals surface area contributed by atoms with Crippen LogP contribution in [0.5, 0.6) is 0 Å². The number of nitrogens with zero attached hydrogens (tertiary/aromatic N) is 2. The van der Waals surface area contributed by atoms with E-state index >= 15 is 0 Å². The average molecular weight is 430 g/mol. The van der Waals surface area contributed by atoms with E-state index in [0.717, 1.165) is 21.0 Å². The number of amides is 1. The van der Waals surface area contributed by atoms with Crippen LogP contribution in [0.3, 0.4) is 0 Å². The molecule has 0 aliphatic carbocycles. The Bertz CT molecular complexity index is 1170. The molecule has 0 saturated carbocycles. The van der Waals surface area contributed by atoms with Crippen molar-refractivity contribution >= 4 is 56.7 Å². The summed E-state index contributed by atoms with van der Waals surface area (Å²) in [4.78, 5) is 12.6. The van der Waals surface area contributed by atoms with E-state index in [0.29, 0.717) is 15.7 Å². The number of furan rings is 1. The zero-order valence-electron chi connectivity index (χ0n) is 15.2. The van der Waals surface area contributed by atoms with Crippen molar-refractivity contribution in [2.24, 2.45) is 0 Å². The standard InChI is InChI=1S/C20H16ClN3O2S2/c1-11-4-3-5-13(8-11)10-27-20-24-23-19(28-20)22-18(25)17-12(2)15-9-14(21)6-7-16(15)26-17/h3-9H,10H2,1-2H3,(H,22,23,25). The largest absolute Gasteiger partial charge is 0.451 e. The van der Waals surface area contributed by atoms with Gasteiger partial charge in [0.15, 0.2) is 10.1 Å². The van der Waals surface area contributed by atoms with E-state index in [4.69, 9.17) is 16.0 Å². The van der Waals surface area contributed by atoms with Crippen LogP contribution in [0.4, 0.5) is 5.13 Å². The van der Waals surface area contributed by atoms with Crippen LogP contribution in [-0.2, 0) is 5.75 Å². The first-order valence-corrected chi connectivity index (χ1v) is 10.7. The predicted molar refractivity (Wildman–Crippen MR) is 115 cm³/mol. The summed E-state index contributed by atoms with van der Waals surface area (Å²) in [6.07, 6.45) is 0. The first kappa shape index (κ1) is 19.0. The van der Waals surface area contributed by atoms with Crippen molar-refractivity contribution in [3.8, 4) is 0 Å². The van der Waals surface area contributed by atoms with Crippen LogP contribution in [0, 0.1) is 13.8 Å². The monoisotopic (exact) mass is 429 g/mol. The minimum absolute atomic E-state index is 0.251. The Morgan fingerprint density at radius 3 is 2.89 bits per heavy atom. The van der Waals surface area contributed by atoms with E-state index in [1.807, 2.05) is 13.0 Å². The van der Waals surface area contributed by atoms with Gasteiger partial charge >= 0.3 is 0 Å². The molecule has 1 amide bonds. The molecule has 0 fully saturated rings. The second kappa shape index (κ2) is 7.95. The van der Waals surface area contributed by atoms with Gasteiger partial charge in [-0.1, -0.05) is 64.5 Å². The molecule has 4 aromatic rings. The highest BCUT2D eigenvalue weighted by atomic mass is 35.5. The van der Waals surface area contributed by atoms with Gasteiger partial charge in [-0.3, -0.25) is 10.1 Å². The zero-order valence-corrected chi connectivity index (χ0v) is 17.5. The van der Waals surface area contributed by atoms with Gasteiger partial charge in [-0.15, -0.1) is 10.2 Å². The number of carbonyl (C=O) groups excluding carboxylic acids is 1. The van der Waals surface area contributed by atoms with Crippen molar-refractivity contribution in [2.45, 2.75) is 23.9 Å². The summed E-state index contributed by atoms with van der Waals surface area (Å²) in [6, 6.07) is 13.6. The normalized spacial score (nSPS) is 11.1. The molecule has 5 nitrogen and oxygen atoms in total. The third-order valence-corrected chi connectivity index (χ3v) is 6.45. The molecule has 0 bridgehead atoms. The quantitative estimate of drug-likeness (QED) is 0.306. The molecule has 0 saturated heterocycles. The highest BCUT2D eigenvalue weighted by Gasteiger charge is 2.19. The van der Waals surface area contributed by atoms with E-state index in [2.05, 4.69) is 40.6 Å². The number of carbonyl (C=O) groups is 1. The fourth-order valence-electron chi connectivity index (χ4n) is 2.83. The molecule has 0 radical (unpaired) electrons. The molecule has 142 valence electrons. The lowest BCUT2D eigenvalue weighted by Crippen LogP contribution is -2.11. The zero-order chi connectivity index (χ0) is 19.7. The Morgan fingerprint density at radius 1 is 1.21 bits per heavy atom. The van der Waals surface area contributed by atoms with Gasteiger partial charge in [-0.2, -0.15) is 0 Å².